The second-order valence-electron chi connectivity index (χ2n) is 4.48. The van der Waals surface area contributed by atoms with Crippen molar-refractivity contribution in [3.63, 3.8) is 0 Å². The molecule has 0 fully saturated rings. The third kappa shape index (κ3) is 2.30. The molecule has 3 aromatic rings. The van der Waals surface area contributed by atoms with E-state index in [1.165, 1.54) is 0 Å². The van der Waals surface area contributed by atoms with Gasteiger partial charge in [-0.2, -0.15) is 5.26 Å². The normalized spacial score (nSPS) is 10.8. The van der Waals surface area contributed by atoms with E-state index in [2.05, 4.69) is 11.1 Å². The summed E-state index contributed by atoms with van der Waals surface area (Å²) in [4.78, 5) is 3.99. The first-order chi connectivity index (χ1) is 9.88. The Balaban J connectivity index is 2.09. The molecule has 0 aliphatic carbocycles. The molecule has 0 spiro atoms. The first kappa shape index (κ1) is 12.1. The average Bonchev–Trinajstić information content (AvgIpc) is 2.53. The summed E-state index contributed by atoms with van der Waals surface area (Å²) >= 11 is 0. The van der Waals surface area contributed by atoms with Crippen molar-refractivity contribution in [1.29, 1.82) is 5.26 Å². The van der Waals surface area contributed by atoms with Gasteiger partial charge in [0.1, 0.15) is 6.07 Å². The molecule has 94 valence electrons. The second kappa shape index (κ2) is 5.38. The lowest BCUT2D eigenvalue weighted by Crippen LogP contribution is -1.85. The standard InChI is InChI=1S/C18H12N2/c19-13-18-16(6-5-14-9-11-20-12-10-14)8-7-15-3-1-2-4-17(15)18/h1-12H/b6-5+. The lowest BCUT2D eigenvalue weighted by molar-refractivity contribution is 1.32. The van der Waals surface area contributed by atoms with Crippen molar-refractivity contribution < 1.29 is 0 Å². The zero-order chi connectivity index (χ0) is 13.8. The highest BCUT2D eigenvalue weighted by molar-refractivity contribution is 5.92. The summed E-state index contributed by atoms with van der Waals surface area (Å²) in [6.45, 7) is 0. The van der Waals surface area contributed by atoms with Gasteiger partial charge in [0, 0.05) is 17.8 Å². The Morgan fingerprint density at radius 3 is 2.50 bits per heavy atom. The molecule has 0 N–H and O–H groups in total. The van der Waals surface area contributed by atoms with Crippen LogP contribution in [0.15, 0.2) is 60.9 Å². The summed E-state index contributed by atoms with van der Waals surface area (Å²) in [6, 6.07) is 18.2. The van der Waals surface area contributed by atoms with Gasteiger partial charge in [0.15, 0.2) is 0 Å². The number of benzene rings is 2. The largest absolute Gasteiger partial charge is 0.265 e. The zero-order valence-corrected chi connectivity index (χ0v) is 10.8. The van der Waals surface area contributed by atoms with Gasteiger partial charge < -0.3 is 0 Å². The van der Waals surface area contributed by atoms with Gasteiger partial charge in [0.05, 0.1) is 5.56 Å². The highest BCUT2D eigenvalue weighted by Gasteiger charge is 2.04. The summed E-state index contributed by atoms with van der Waals surface area (Å²) < 4.78 is 0. The third-order valence-corrected chi connectivity index (χ3v) is 3.23. The van der Waals surface area contributed by atoms with Crippen LogP contribution in [0.2, 0.25) is 0 Å². The minimum Gasteiger partial charge on any atom is -0.265 e. The lowest BCUT2D eigenvalue weighted by atomic mass is 9.99. The number of aromatic nitrogens is 1. The van der Waals surface area contributed by atoms with Crippen molar-refractivity contribution in [1.82, 2.24) is 4.98 Å². The van der Waals surface area contributed by atoms with E-state index in [1.54, 1.807) is 12.4 Å². The molecule has 0 aliphatic rings. The molecule has 0 atom stereocenters. The maximum absolute atomic E-state index is 9.42. The first-order valence-corrected chi connectivity index (χ1v) is 6.38. The summed E-state index contributed by atoms with van der Waals surface area (Å²) in [7, 11) is 0. The van der Waals surface area contributed by atoms with Gasteiger partial charge in [-0.15, -0.1) is 0 Å². The number of fused-ring (bicyclic) bond motifs is 1. The van der Waals surface area contributed by atoms with Crippen molar-refractivity contribution in [2.45, 2.75) is 0 Å². The monoisotopic (exact) mass is 256 g/mol. The average molecular weight is 256 g/mol. The number of rotatable bonds is 2. The molecule has 0 saturated heterocycles. The van der Waals surface area contributed by atoms with Gasteiger partial charge in [0.2, 0.25) is 0 Å². The molecular weight excluding hydrogens is 244 g/mol. The van der Waals surface area contributed by atoms with Crippen molar-refractivity contribution >= 4 is 22.9 Å². The van der Waals surface area contributed by atoms with Crippen LogP contribution in [0.25, 0.3) is 22.9 Å². The second-order valence-corrected chi connectivity index (χ2v) is 4.48. The van der Waals surface area contributed by atoms with Crippen LogP contribution in [0, 0.1) is 11.3 Å². The maximum Gasteiger partial charge on any atom is 0.100 e. The van der Waals surface area contributed by atoms with Gasteiger partial charge in [-0.1, -0.05) is 48.6 Å². The van der Waals surface area contributed by atoms with Crippen molar-refractivity contribution in [3.8, 4) is 6.07 Å². The molecule has 3 rings (SSSR count). The van der Waals surface area contributed by atoms with Crippen molar-refractivity contribution in [2.75, 3.05) is 0 Å². The quantitative estimate of drug-likeness (QED) is 0.686. The Kier molecular flexibility index (Phi) is 3.26. The number of pyridine rings is 1. The van der Waals surface area contributed by atoms with E-state index in [9.17, 15) is 5.26 Å². The molecule has 2 aromatic carbocycles. The van der Waals surface area contributed by atoms with Gasteiger partial charge in [-0.25, -0.2) is 0 Å². The molecular formula is C18H12N2. The Morgan fingerprint density at radius 1 is 0.900 bits per heavy atom. The predicted octanol–water partition coefficient (Wildman–Crippen LogP) is 4.28. The van der Waals surface area contributed by atoms with Crippen LogP contribution in [0.5, 0.6) is 0 Å². The molecule has 0 saturated carbocycles. The maximum atomic E-state index is 9.42. The summed E-state index contributed by atoms with van der Waals surface area (Å²) in [5, 5.41) is 11.5. The van der Waals surface area contributed by atoms with Gasteiger partial charge in [-0.05, 0) is 28.6 Å². The Labute approximate surface area is 117 Å². The zero-order valence-electron chi connectivity index (χ0n) is 10.8. The van der Waals surface area contributed by atoms with E-state index in [0.29, 0.717) is 5.56 Å². The molecule has 1 aromatic heterocycles. The molecule has 0 unspecified atom stereocenters. The van der Waals surface area contributed by atoms with Crippen LogP contribution in [0.1, 0.15) is 16.7 Å². The number of nitrogens with zero attached hydrogens (tertiary/aromatic N) is 2. The molecule has 2 heteroatoms. The van der Waals surface area contributed by atoms with Crippen LogP contribution in [0.3, 0.4) is 0 Å². The summed E-state index contributed by atoms with van der Waals surface area (Å²) in [5.74, 6) is 0. The lowest BCUT2D eigenvalue weighted by Gasteiger charge is -2.03. The fourth-order valence-electron chi connectivity index (χ4n) is 2.21. The van der Waals surface area contributed by atoms with E-state index in [-0.39, 0.29) is 0 Å². The van der Waals surface area contributed by atoms with Gasteiger partial charge in [-0.3, -0.25) is 4.98 Å². The number of nitriles is 1. The minimum atomic E-state index is 0.716. The molecule has 0 bridgehead atoms. The van der Waals surface area contributed by atoms with E-state index >= 15 is 0 Å². The van der Waals surface area contributed by atoms with Crippen molar-refractivity contribution in [2.24, 2.45) is 0 Å². The van der Waals surface area contributed by atoms with Crippen LogP contribution in [0.4, 0.5) is 0 Å². The SMILES string of the molecule is N#Cc1c(/C=C/c2ccncc2)ccc2ccccc12. The molecule has 0 amide bonds. The summed E-state index contributed by atoms with van der Waals surface area (Å²) in [6.07, 6.45) is 7.48. The Hall–Kier alpha value is -2.92. The first-order valence-electron chi connectivity index (χ1n) is 6.38. The van der Waals surface area contributed by atoms with Crippen molar-refractivity contribution in [3.05, 3.63) is 77.6 Å². The summed E-state index contributed by atoms with van der Waals surface area (Å²) in [5.41, 5.74) is 2.72. The molecule has 0 aliphatic heterocycles. The van der Waals surface area contributed by atoms with E-state index in [4.69, 9.17) is 0 Å². The Bertz CT molecular complexity index is 812. The third-order valence-electron chi connectivity index (χ3n) is 3.23. The highest BCUT2D eigenvalue weighted by Crippen LogP contribution is 2.23. The van der Waals surface area contributed by atoms with Crippen LogP contribution >= 0.6 is 0 Å². The van der Waals surface area contributed by atoms with Gasteiger partial charge in [0.25, 0.3) is 0 Å². The number of hydrogen-bond donors (Lipinski definition) is 0. The molecule has 20 heavy (non-hydrogen) atoms. The van der Waals surface area contributed by atoms with Crippen LogP contribution in [-0.2, 0) is 0 Å². The highest BCUT2D eigenvalue weighted by atomic mass is 14.6. The molecule has 1 heterocycles. The van der Waals surface area contributed by atoms with Crippen LogP contribution < -0.4 is 0 Å². The smallest absolute Gasteiger partial charge is 0.100 e. The van der Waals surface area contributed by atoms with E-state index < -0.39 is 0 Å². The number of hydrogen-bond acceptors (Lipinski definition) is 2. The van der Waals surface area contributed by atoms with Gasteiger partial charge >= 0.3 is 0 Å². The molecule has 0 radical (unpaired) electrons. The molecule has 2 nitrogen and oxygen atoms in total. The Morgan fingerprint density at radius 2 is 1.70 bits per heavy atom. The van der Waals surface area contributed by atoms with Crippen LogP contribution in [-0.4, -0.2) is 4.98 Å². The fraction of sp³-hybridized carbons (Fsp3) is 0. The fourth-order valence-corrected chi connectivity index (χ4v) is 2.21. The minimum absolute atomic E-state index is 0.716. The van der Waals surface area contributed by atoms with E-state index in [1.807, 2.05) is 60.7 Å². The predicted molar refractivity (Wildman–Crippen MR) is 81.8 cm³/mol. The van der Waals surface area contributed by atoms with E-state index in [0.717, 1.165) is 21.9 Å². The topological polar surface area (TPSA) is 36.7 Å².